The van der Waals surface area contributed by atoms with Crippen LogP contribution in [0.2, 0.25) is 0 Å². The molecule has 0 spiro atoms. The van der Waals surface area contributed by atoms with E-state index >= 15 is 0 Å². The lowest BCUT2D eigenvalue weighted by atomic mass is 9.83. The lowest BCUT2D eigenvalue weighted by Gasteiger charge is -2.23. The minimum atomic E-state index is -4.60. The van der Waals surface area contributed by atoms with E-state index in [9.17, 15) is 22.8 Å². The molecule has 4 unspecified atom stereocenters. The smallest absolute Gasteiger partial charge is 0.422 e. The summed E-state index contributed by atoms with van der Waals surface area (Å²) in [5, 5.41) is 9.02. The molecule has 2 aliphatic rings. The van der Waals surface area contributed by atoms with Crippen molar-refractivity contribution in [1.29, 1.82) is 0 Å². The van der Waals surface area contributed by atoms with Crippen LogP contribution in [0.3, 0.4) is 0 Å². The number of carboxylic acids is 1. The lowest BCUT2D eigenvalue weighted by Crippen LogP contribution is -2.35. The summed E-state index contributed by atoms with van der Waals surface area (Å²) >= 11 is 0. The third-order valence-corrected chi connectivity index (χ3v) is 3.39. The van der Waals surface area contributed by atoms with Crippen LogP contribution >= 0.6 is 0 Å². The number of carboxylic acid groups (broad SMARTS) is 1. The SMILES string of the molecule is O=C(O)C1C2C=CC(C2)C1C(=O)OCC(F)(F)F. The number of halogens is 3. The first kappa shape index (κ1) is 12.9. The van der Waals surface area contributed by atoms with Gasteiger partial charge in [-0.25, -0.2) is 0 Å². The van der Waals surface area contributed by atoms with Crippen LogP contribution in [0.5, 0.6) is 0 Å². The zero-order valence-corrected chi connectivity index (χ0v) is 9.18. The van der Waals surface area contributed by atoms with Crippen LogP contribution in [0, 0.1) is 23.7 Å². The maximum absolute atomic E-state index is 11.9. The third-order valence-electron chi connectivity index (χ3n) is 3.39. The van der Waals surface area contributed by atoms with E-state index in [0.29, 0.717) is 6.42 Å². The third kappa shape index (κ3) is 2.34. The highest BCUT2D eigenvalue weighted by atomic mass is 19.4. The van der Waals surface area contributed by atoms with E-state index in [1.54, 1.807) is 12.2 Å². The van der Waals surface area contributed by atoms with E-state index < -0.39 is 36.6 Å². The fourth-order valence-corrected chi connectivity index (χ4v) is 2.73. The topological polar surface area (TPSA) is 63.6 Å². The lowest BCUT2D eigenvalue weighted by molar-refractivity contribution is -0.191. The summed E-state index contributed by atoms with van der Waals surface area (Å²) in [6, 6.07) is 0. The number of allylic oxidation sites excluding steroid dienone is 2. The first-order valence-corrected chi connectivity index (χ1v) is 5.44. The first-order valence-electron chi connectivity index (χ1n) is 5.44. The standard InChI is InChI=1S/C11H11F3O4/c12-11(13,14)4-18-10(17)8-6-2-1-5(3-6)7(8)9(15)16/h1-2,5-8H,3-4H2,(H,15,16). The Bertz CT molecular complexity index is 402. The summed E-state index contributed by atoms with van der Waals surface area (Å²) in [6.07, 6.45) is -0.717. The second-order valence-corrected chi connectivity index (χ2v) is 4.56. The molecule has 0 aromatic rings. The van der Waals surface area contributed by atoms with Gasteiger partial charge < -0.3 is 9.84 Å². The number of ether oxygens (including phenoxy) is 1. The number of carbonyl (C=O) groups is 2. The molecule has 0 aromatic carbocycles. The van der Waals surface area contributed by atoms with Crippen molar-refractivity contribution in [1.82, 2.24) is 0 Å². The number of carbonyl (C=O) groups excluding carboxylic acids is 1. The largest absolute Gasteiger partial charge is 0.481 e. The summed E-state index contributed by atoms with van der Waals surface area (Å²) in [4.78, 5) is 22.6. The van der Waals surface area contributed by atoms with Crippen molar-refractivity contribution in [3.63, 3.8) is 0 Å². The van der Waals surface area contributed by atoms with Gasteiger partial charge in [-0.3, -0.25) is 9.59 Å². The number of alkyl halides is 3. The van der Waals surface area contributed by atoms with Crippen molar-refractivity contribution < 1.29 is 32.6 Å². The molecule has 1 fully saturated rings. The molecule has 2 rings (SSSR count). The van der Waals surface area contributed by atoms with Crippen molar-refractivity contribution in [2.24, 2.45) is 23.7 Å². The molecule has 1 N–H and O–H groups in total. The number of esters is 1. The molecule has 1 saturated carbocycles. The average Bonchev–Trinajstić information content (AvgIpc) is 2.83. The molecule has 100 valence electrons. The first-order chi connectivity index (χ1) is 8.29. The van der Waals surface area contributed by atoms with E-state index in [1.807, 2.05) is 0 Å². The second kappa shape index (κ2) is 4.29. The summed E-state index contributed by atoms with van der Waals surface area (Å²) in [5.74, 6) is -4.81. The van der Waals surface area contributed by atoms with E-state index in [-0.39, 0.29) is 11.8 Å². The Morgan fingerprint density at radius 2 is 1.78 bits per heavy atom. The van der Waals surface area contributed by atoms with Gasteiger partial charge in [0.15, 0.2) is 6.61 Å². The highest BCUT2D eigenvalue weighted by Gasteiger charge is 2.52. The quantitative estimate of drug-likeness (QED) is 0.621. The van der Waals surface area contributed by atoms with Gasteiger partial charge in [-0.05, 0) is 18.3 Å². The Morgan fingerprint density at radius 3 is 2.28 bits per heavy atom. The van der Waals surface area contributed by atoms with Crippen LogP contribution in [0.25, 0.3) is 0 Å². The molecule has 0 radical (unpaired) electrons. The molecule has 0 aromatic heterocycles. The zero-order valence-electron chi connectivity index (χ0n) is 9.18. The molecule has 7 heteroatoms. The number of rotatable bonds is 3. The highest BCUT2D eigenvalue weighted by molar-refractivity contribution is 5.83. The normalized spacial score (nSPS) is 33.7. The molecule has 18 heavy (non-hydrogen) atoms. The van der Waals surface area contributed by atoms with Crippen molar-refractivity contribution >= 4 is 11.9 Å². The summed E-state index contributed by atoms with van der Waals surface area (Å²) in [7, 11) is 0. The monoisotopic (exact) mass is 264 g/mol. The maximum atomic E-state index is 11.9. The van der Waals surface area contributed by atoms with E-state index in [4.69, 9.17) is 5.11 Å². The van der Waals surface area contributed by atoms with E-state index in [1.165, 1.54) is 0 Å². The number of aliphatic carboxylic acids is 1. The fraction of sp³-hybridized carbons (Fsp3) is 0.636. The van der Waals surface area contributed by atoms with Gasteiger partial charge in [-0.2, -0.15) is 13.2 Å². The van der Waals surface area contributed by atoms with Crippen LogP contribution in [0.15, 0.2) is 12.2 Å². The highest BCUT2D eigenvalue weighted by Crippen LogP contribution is 2.48. The predicted octanol–water partition coefficient (Wildman–Crippen LogP) is 1.61. The molecule has 4 nitrogen and oxygen atoms in total. The van der Waals surface area contributed by atoms with E-state index in [2.05, 4.69) is 4.74 Å². The van der Waals surface area contributed by atoms with Crippen LogP contribution in [0.4, 0.5) is 13.2 Å². The minimum Gasteiger partial charge on any atom is -0.481 e. The summed E-state index contributed by atoms with van der Waals surface area (Å²) in [5.41, 5.74) is 0. The van der Waals surface area contributed by atoms with Crippen molar-refractivity contribution in [3.8, 4) is 0 Å². The van der Waals surface area contributed by atoms with Gasteiger partial charge in [0.2, 0.25) is 0 Å². The Labute approximate surface area is 100 Å². The average molecular weight is 264 g/mol. The Hall–Kier alpha value is -1.53. The molecule has 4 atom stereocenters. The van der Waals surface area contributed by atoms with Gasteiger partial charge in [0.05, 0.1) is 11.8 Å². The Balaban J connectivity index is 2.05. The van der Waals surface area contributed by atoms with Crippen molar-refractivity contribution in [3.05, 3.63) is 12.2 Å². The van der Waals surface area contributed by atoms with Crippen molar-refractivity contribution in [2.75, 3.05) is 6.61 Å². The number of hydrogen-bond donors (Lipinski definition) is 1. The Kier molecular flexibility index (Phi) is 3.08. The maximum Gasteiger partial charge on any atom is 0.422 e. The summed E-state index contributed by atoms with van der Waals surface area (Å²) < 4.78 is 40.0. The van der Waals surface area contributed by atoms with Crippen LogP contribution in [-0.4, -0.2) is 29.8 Å². The van der Waals surface area contributed by atoms with Crippen LogP contribution in [0.1, 0.15) is 6.42 Å². The Morgan fingerprint density at radius 1 is 1.22 bits per heavy atom. The van der Waals surface area contributed by atoms with E-state index in [0.717, 1.165) is 0 Å². The van der Waals surface area contributed by atoms with Crippen LogP contribution in [-0.2, 0) is 14.3 Å². The molecule has 0 saturated heterocycles. The van der Waals surface area contributed by atoms with Gasteiger partial charge in [-0.15, -0.1) is 0 Å². The fourth-order valence-electron chi connectivity index (χ4n) is 2.73. The number of hydrogen-bond acceptors (Lipinski definition) is 3. The summed E-state index contributed by atoms with van der Waals surface area (Å²) in [6.45, 7) is -1.67. The number of fused-ring (bicyclic) bond motifs is 2. The van der Waals surface area contributed by atoms with Gasteiger partial charge in [0, 0.05) is 0 Å². The van der Waals surface area contributed by atoms with Gasteiger partial charge in [0.1, 0.15) is 0 Å². The zero-order chi connectivity index (χ0) is 13.5. The minimum absolute atomic E-state index is 0.282. The van der Waals surface area contributed by atoms with Crippen LogP contribution < -0.4 is 0 Å². The molecular weight excluding hydrogens is 253 g/mol. The molecule has 0 amide bonds. The molecular formula is C11H11F3O4. The van der Waals surface area contributed by atoms with Gasteiger partial charge in [0.25, 0.3) is 0 Å². The molecule has 2 aliphatic carbocycles. The molecule has 0 aliphatic heterocycles. The second-order valence-electron chi connectivity index (χ2n) is 4.56. The predicted molar refractivity (Wildman–Crippen MR) is 52.4 cm³/mol. The molecule has 2 bridgehead atoms. The van der Waals surface area contributed by atoms with Gasteiger partial charge in [-0.1, -0.05) is 12.2 Å². The molecule has 0 heterocycles. The van der Waals surface area contributed by atoms with Gasteiger partial charge >= 0.3 is 18.1 Å². The van der Waals surface area contributed by atoms with Crippen molar-refractivity contribution in [2.45, 2.75) is 12.6 Å².